The number of carbonyl (C=O) groups excluding carboxylic acids is 1. The highest BCUT2D eigenvalue weighted by Crippen LogP contribution is 1.96. The highest BCUT2D eigenvalue weighted by atomic mass is 16.5. The van der Waals surface area contributed by atoms with Crippen LogP contribution >= 0.6 is 0 Å². The Morgan fingerprint density at radius 2 is 2.58 bits per heavy atom. The van der Waals surface area contributed by atoms with Gasteiger partial charge in [0.2, 0.25) is 0 Å². The van der Waals surface area contributed by atoms with Gasteiger partial charge in [0.1, 0.15) is 11.5 Å². The van der Waals surface area contributed by atoms with Crippen LogP contribution in [0.15, 0.2) is 6.07 Å². The molecule has 62 valence electrons. The Morgan fingerprint density at radius 1 is 1.83 bits per heavy atom. The first-order valence-corrected chi connectivity index (χ1v) is 3.13. The summed E-state index contributed by atoms with van der Waals surface area (Å²) >= 11 is 0. The summed E-state index contributed by atoms with van der Waals surface area (Å²) < 4.78 is 4.30. The molecule has 0 aliphatic carbocycles. The number of nitrogens with zero attached hydrogens (tertiary/aromatic N) is 1. The molecule has 0 aliphatic heterocycles. The maximum absolute atomic E-state index is 10.5. The van der Waals surface area contributed by atoms with Gasteiger partial charge in [-0.1, -0.05) is 0 Å². The van der Waals surface area contributed by atoms with Crippen molar-refractivity contribution in [2.75, 3.05) is 12.8 Å². The molecule has 0 unspecified atom stereocenters. The van der Waals surface area contributed by atoms with Crippen LogP contribution in [0.3, 0.4) is 0 Å². The maximum atomic E-state index is 10.5. The number of H-pyrrole nitrogens is 1. The van der Waals surface area contributed by atoms with Gasteiger partial charge in [0.25, 0.3) is 0 Å². The SMILES string of the molecule is COC(=O)C#Cc1cc(N)n[nH]1. The molecule has 0 saturated heterocycles. The molecule has 3 N–H and O–H groups in total. The minimum atomic E-state index is -0.594. The zero-order chi connectivity index (χ0) is 8.97. The first kappa shape index (κ1) is 8.14. The van der Waals surface area contributed by atoms with E-state index in [9.17, 15) is 4.79 Å². The fourth-order valence-corrected chi connectivity index (χ4v) is 0.571. The molecule has 0 aromatic carbocycles. The molecule has 0 atom stereocenters. The summed E-state index contributed by atoms with van der Waals surface area (Å²) in [5.74, 6) is 4.46. The Balaban J connectivity index is 2.73. The third kappa shape index (κ3) is 2.02. The number of carbonyl (C=O) groups is 1. The summed E-state index contributed by atoms with van der Waals surface area (Å²) in [6.07, 6.45) is 0. The van der Waals surface area contributed by atoms with Crippen LogP contribution < -0.4 is 5.73 Å². The number of hydrogen-bond acceptors (Lipinski definition) is 4. The van der Waals surface area contributed by atoms with E-state index in [0.717, 1.165) is 0 Å². The average Bonchev–Trinajstić information content (AvgIpc) is 2.47. The van der Waals surface area contributed by atoms with Crippen LogP contribution in [0.1, 0.15) is 5.69 Å². The molecule has 0 spiro atoms. The maximum Gasteiger partial charge on any atom is 0.384 e. The van der Waals surface area contributed by atoms with E-state index in [1.807, 2.05) is 0 Å². The summed E-state index contributed by atoms with van der Waals surface area (Å²) in [5.41, 5.74) is 5.78. The lowest BCUT2D eigenvalue weighted by Crippen LogP contribution is -1.94. The summed E-state index contributed by atoms with van der Waals surface area (Å²) in [4.78, 5) is 10.5. The molecule has 1 aromatic rings. The van der Waals surface area contributed by atoms with Crippen molar-refractivity contribution in [2.45, 2.75) is 0 Å². The number of esters is 1. The van der Waals surface area contributed by atoms with Gasteiger partial charge in [-0.25, -0.2) is 4.79 Å². The van der Waals surface area contributed by atoms with Gasteiger partial charge in [-0.05, 0) is 5.92 Å². The van der Waals surface area contributed by atoms with E-state index in [-0.39, 0.29) is 0 Å². The number of aromatic amines is 1. The zero-order valence-electron chi connectivity index (χ0n) is 6.42. The van der Waals surface area contributed by atoms with Crippen molar-refractivity contribution in [3.05, 3.63) is 11.8 Å². The van der Waals surface area contributed by atoms with Gasteiger partial charge in [0.05, 0.1) is 7.11 Å². The number of methoxy groups -OCH3 is 1. The van der Waals surface area contributed by atoms with Crippen molar-refractivity contribution < 1.29 is 9.53 Å². The Kier molecular flexibility index (Phi) is 2.33. The van der Waals surface area contributed by atoms with Crippen LogP contribution in [0.4, 0.5) is 5.82 Å². The van der Waals surface area contributed by atoms with Gasteiger partial charge in [0.15, 0.2) is 0 Å². The zero-order valence-corrected chi connectivity index (χ0v) is 6.42. The van der Waals surface area contributed by atoms with Crippen molar-refractivity contribution in [3.8, 4) is 11.8 Å². The van der Waals surface area contributed by atoms with Crippen molar-refractivity contribution in [3.63, 3.8) is 0 Å². The normalized spacial score (nSPS) is 8.42. The molecule has 1 rings (SSSR count). The molecular formula is C7H7N3O2. The Labute approximate surface area is 68.9 Å². The second-order valence-corrected chi connectivity index (χ2v) is 1.95. The number of aromatic nitrogens is 2. The molecule has 0 saturated carbocycles. The molecule has 5 heteroatoms. The highest BCUT2D eigenvalue weighted by molar-refractivity contribution is 5.88. The van der Waals surface area contributed by atoms with E-state index in [1.165, 1.54) is 13.2 Å². The van der Waals surface area contributed by atoms with Crippen molar-refractivity contribution >= 4 is 11.8 Å². The fraction of sp³-hybridized carbons (Fsp3) is 0.143. The van der Waals surface area contributed by atoms with Crippen molar-refractivity contribution in [1.82, 2.24) is 10.2 Å². The Morgan fingerprint density at radius 3 is 3.08 bits per heavy atom. The average molecular weight is 165 g/mol. The van der Waals surface area contributed by atoms with Crippen LogP contribution in [0.2, 0.25) is 0 Å². The summed E-state index contributed by atoms with van der Waals surface area (Å²) in [6.45, 7) is 0. The quantitative estimate of drug-likeness (QED) is 0.401. The topological polar surface area (TPSA) is 81.0 Å². The lowest BCUT2D eigenvalue weighted by molar-refractivity contribution is -0.133. The van der Waals surface area contributed by atoms with Gasteiger partial charge >= 0.3 is 5.97 Å². The number of nitrogens with two attached hydrogens (primary N) is 1. The number of nitrogens with one attached hydrogen (secondary N) is 1. The van der Waals surface area contributed by atoms with E-state index in [4.69, 9.17) is 5.73 Å². The molecule has 0 fully saturated rings. The third-order valence-electron chi connectivity index (χ3n) is 1.08. The molecule has 0 radical (unpaired) electrons. The molecule has 5 nitrogen and oxygen atoms in total. The lowest BCUT2D eigenvalue weighted by Gasteiger charge is -1.82. The Hall–Kier alpha value is -1.96. The van der Waals surface area contributed by atoms with Gasteiger partial charge in [-0.2, -0.15) is 5.10 Å². The van der Waals surface area contributed by atoms with Crippen LogP contribution in [-0.4, -0.2) is 23.3 Å². The first-order chi connectivity index (χ1) is 5.72. The highest BCUT2D eigenvalue weighted by Gasteiger charge is 1.93. The number of ether oxygens (including phenoxy) is 1. The lowest BCUT2D eigenvalue weighted by atomic mass is 10.4. The third-order valence-corrected chi connectivity index (χ3v) is 1.08. The molecule has 1 aromatic heterocycles. The van der Waals surface area contributed by atoms with Crippen molar-refractivity contribution in [2.24, 2.45) is 0 Å². The molecule has 0 amide bonds. The van der Waals surface area contributed by atoms with E-state index < -0.39 is 5.97 Å². The molecule has 0 bridgehead atoms. The first-order valence-electron chi connectivity index (χ1n) is 3.13. The van der Waals surface area contributed by atoms with E-state index in [1.54, 1.807) is 0 Å². The van der Waals surface area contributed by atoms with Crippen LogP contribution in [-0.2, 0) is 9.53 Å². The predicted molar refractivity (Wildman–Crippen MR) is 41.9 cm³/mol. The van der Waals surface area contributed by atoms with Gasteiger partial charge in [-0.15, -0.1) is 0 Å². The Bertz CT molecular complexity index is 345. The second kappa shape index (κ2) is 3.44. The summed E-state index contributed by atoms with van der Waals surface area (Å²) in [6, 6.07) is 1.52. The minimum Gasteiger partial charge on any atom is -0.459 e. The van der Waals surface area contributed by atoms with Crippen LogP contribution in [0.5, 0.6) is 0 Å². The molecule has 1 heterocycles. The minimum absolute atomic E-state index is 0.337. The van der Waals surface area contributed by atoms with Crippen LogP contribution in [0, 0.1) is 11.8 Å². The number of nitrogen functional groups attached to an aromatic ring is 1. The fourth-order valence-electron chi connectivity index (χ4n) is 0.571. The standard InChI is InChI=1S/C7H7N3O2/c1-12-7(11)3-2-5-4-6(8)10-9-5/h4H,1H3,(H3,8,9,10). The number of anilines is 1. The smallest absolute Gasteiger partial charge is 0.384 e. The molecule has 12 heavy (non-hydrogen) atoms. The summed E-state index contributed by atoms with van der Waals surface area (Å²) in [5, 5.41) is 6.15. The summed E-state index contributed by atoms with van der Waals surface area (Å²) in [7, 11) is 1.26. The van der Waals surface area contributed by atoms with Crippen LogP contribution in [0.25, 0.3) is 0 Å². The number of hydrogen-bond donors (Lipinski definition) is 2. The predicted octanol–water partition coefficient (Wildman–Crippen LogP) is -0.484. The van der Waals surface area contributed by atoms with Crippen molar-refractivity contribution in [1.29, 1.82) is 0 Å². The number of rotatable bonds is 0. The largest absolute Gasteiger partial charge is 0.459 e. The van der Waals surface area contributed by atoms with Gasteiger partial charge < -0.3 is 10.5 Å². The van der Waals surface area contributed by atoms with E-state index >= 15 is 0 Å². The molecular weight excluding hydrogens is 158 g/mol. The van der Waals surface area contributed by atoms with Gasteiger partial charge in [-0.3, -0.25) is 5.10 Å². The van der Waals surface area contributed by atoms with E-state index in [2.05, 4.69) is 26.8 Å². The monoisotopic (exact) mass is 165 g/mol. The molecule has 0 aliphatic rings. The second-order valence-electron chi connectivity index (χ2n) is 1.95. The van der Waals surface area contributed by atoms with Gasteiger partial charge in [0, 0.05) is 12.0 Å². The van der Waals surface area contributed by atoms with E-state index in [0.29, 0.717) is 11.5 Å².